The molecule has 3 rings (SSSR count). The maximum Gasteiger partial charge on any atom is 0.242 e. The molecule has 0 fully saturated rings. The first kappa shape index (κ1) is 23.5. The summed E-state index contributed by atoms with van der Waals surface area (Å²) in [5, 5.41) is 2.06. The Hall–Kier alpha value is -3.18. The van der Waals surface area contributed by atoms with Crippen LogP contribution in [0.5, 0.6) is 0 Å². The smallest absolute Gasteiger partial charge is 0.242 e. The number of benzene rings is 3. The molecule has 1 unspecified atom stereocenters. The van der Waals surface area contributed by atoms with E-state index in [1.165, 1.54) is 5.56 Å². The molecule has 168 valence electrons. The van der Waals surface area contributed by atoms with E-state index in [-0.39, 0.29) is 17.6 Å². The standard InChI is InChI=1S/C27H33N3O2/c1-20(22-8-5-4-6-9-22)18-30(15-7-14-28)27(32)19-29(3)26-13-12-24-16-23(21(2)31)10-11-25(24)17-26/h4-6,8-13,16-17,20H,7,14-15,18-19,28H2,1-3H3. The summed E-state index contributed by atoms with van der Waals surface area (Å²) in [7, 11) is 1.94. The number of carbonyl (C=O) groups is 2. The van der Waals surface area contributed by atoms with Gasteiger partial charge < -0.3 is 15.5 Å². The predicted octanol–water partition coefficient (Wildman–Crippen LogP) is 4.46. The first-order chi connectivity index (χ1) is 15.4. The summed E-state index contributed by atoms with van der Waals surface area (Å²) in [6.45, 7) is 5.91. The van der Waals surface area contributed by atoms with E-state index in [9.17, 15) is 9.59 Å². The van der Waals surface area contributed by atoms with E-state index in [1.54, 1.807) is 6.92 Å². The minimum atomic E-state index is 0.0565. The molecule has 3 aromatic carbocycles. The summed E-state index contributed by atoms with van der Waals surface area (Å²) in [6, 6.07) is 22.1. The fraction of sp³-hybridized carbons (Fsp3) is 0.333. The molecule has 0 aromatic heterocycles. The molecular formula is C27H33N3O2. The van der Waals surface area contributed by atoms with Gasteiger partial charge in [-0.25, -0.2) is 0 Å². The lowest BCUT2D eigenvalue weighted by Gasteiger charge is -2.29. The average molecular weight is 432 g/mol. The van der Waals surface area contributed by atoms with E-state index in [0.717, 1.165) is 22.9 Å². The van der Waals surface area contributed by atoms with Gasteiger partial charge in [-0.3, -0.25) is 9.59 Å². The Balaban J connectivity index is 1.71. The number of fused-ring (bicyclic) bond motifs is 1. The Kier molecular flexibility index (Phi) is 8.01. The lowest BCUT2D eigenvalue weighted by molar-refractivity contribution is -0.130. The van der Waals surface area contributed by atoms with Crippen LogP contribution in [-0.4, -0.2) is 49.8 Å². The van der Waals surface area contributed by atoms with Gasteiger partial charge in [-0.05, 0) is 60.3 Å². The van der Waals surface area contributed by atoms with Crippen molar-refractivity contribution < 1.29 is 9.59 Å². The predicted molar refractivity (Wildman–Crippen MR) is 132 cm³/mol. The Labute approximate surface area is 190 Å². The second kappa shape index (κ2) is 10.9. The van der Waals surface area contributed by atoms with Gasteiger partial charge in [-0.2, -0.15) is 0 Å². The molecule has 0 aliphatic carbocycles. The lowest BCUT2D eigenvalue weighted by atomic mass is 10.0. The lowest BCUT2D eigenvalue weighted by Crippen LogP contribution is -2.41. The van der Waals surface area contributed by atoms with Crippen molar-refractivity contribution in [1.29, 1.82) is 0 Å². The first-order valence-electron chi connectivity index (χ1n) is 11.2. The highest BCUT2D eigenvalue weighted by Crippen LogP contribution is 2.23. The molecule has 0 heterocycles. The molecule has 0 saturated carbocycles. The van der Waals surface area contributed by atoms with Crippen LogP contribution in [0.4, 0.5) is 5.69 Å². The zero-order valence-electron chi connectivity index (χ0n) is 19.3. The van der Waals surface area contributed by atoms with Gasteiger partial charge in [-0.15, -0.1) is 0 Å². The third-order valence-corrected chi connectivity index (χ3v) is 5.89. The van der Waals surface area contributed by atoms with Crippen molar-refractivity contribution in [2.75, 3.05) is 38.1 Å². The highest BCUT2D eigenvalue weighted by Gasteiger charge is 2.19. The van der Waals surface area contributed by atoms with Gasteiger partial charge in [0.05, 0.1) is 6.54 Å². The van der Waals surface area contributed by atoms with Crippen molar-refractivity contribution in [2.24, 2.45) is 5.73 Å². The average Bonchev–Trinajstić information content (AvgIpc) is 2.81. The molecule has 0 aliphatic rings. The van der Waals surface area contributed by atoms with Crippen LogP contribution in [0.3, 0.4) is 0 Å². The number of amides is 1. The Bertz CT molecular complexity index is 1060. The van der Waals surface area contributed by atoms with E-state index < -0.39 is 0 Å². The summed E-state index contributed by atoms with van der Waals surface area (Å²) < 4.78 is 0. The number of anilines is 1. The van der Waals surface area contributed by atoms with E-state index in [4.69, 9.17) is 5.73 Å². The first-order valence-corrected chi connectivity index (χ1v) is 11.2. The monoisotopic (exact) mass is 431 g/mol. The maximum absolute atomic E-state index is 13.2. The maximum atomic E-state index is 13.2. The third kappa shape index (κ3) is 5.95. The van der Waals surface area contributed by atoms with E-state index in [1.807, 2.05) is 65.4 Å². The number of nitrogens with zero attached hydrogens (tertiary/aromatic N) is 2. The fourth-order valence-corrected chi connectivity index (χ4v) is 3.90. The van der Waals surface area contributed by atoms with Crippen molar-refractivity contribution >= 4 is 28.2 Å². The summed E-state index contributed by atoms with van der Waals surface area (Å²) in [6.07, 6.45) is 0.783. The Morgan fingerprint density at radius 1 is 0.969 bits per heavy atom. The van der Waals surface area contributed by atoms with Crippen molar-refractivity contribution in [3.05, 3.63) is 77.9 Å². The topological polar surface area (TPSA) is 66.6 Å². The van der Waals surface area contributed by atoms with Gasteiger partial charge in [0.25, 0.3) is 0 Å². The molecule has 0 saturated heterocycles. The summed E-state index contributed by atoms with van der Waals surface area (Å²) in [5.41, 5.74) is 8.63. The van der Waals surface area contributed by atoms with Crippen LogP contribution < -0.4 is 10.6 Å². The number of hydrogen-bond acceptors (Lipinski definition) is 4. The molecule has 32 heavy (non-hydrogen) atoms. The molecule has 0 radical (unpaired) electrons. The number of likely N-dealkylation sites (N-methyl/N-ethyl adjacent to an activating group) is 1. The van der Waals surface area contributed by atoms with Crippen LogP contribution in [-0.2, 0) is 4.79 Å². The quantitative estimate of drug-likeness (QED) is 0.481. The van der Waals surface area contributed by atoms with E-state index >= 15 is 0 Å². The Morgan fingerprint density at radius 3 is 2.34 bits per heavy atom. The zero-order chi connectivity index (χ0) is 23.1. The second-order valence-electron chi connectivity index (χ2n) is 8.45. The molecule has 0 bridgehead atoms. The van der Waals surface area contributed by atoms with Crippen LogP contribution in [0.1, 0.15) is 42.1 Å². The second-order valence-corrected chi connectivity index (χ2v) is 8.45. The summed E-state index contributed by atoms with van der Waals surface area (Å²) in [5.74, 6) is 0.399. The molecule has 5 nitrogen and oxygen atoms in total. The molecule has 1 amide bonds. The summed E-state index contributed by atoms with van der Waals surface area (Å²) in [4.78, 5) is 28.7. The van der Waals surface area contributed by atoms with Crippen LogP contribution in [0, 0.1) is 0 Å². The van der Waals surface area contributed by atoms with Crippen LogP contribution in [0.2, 0.25) is 0 Å². The molecule has 5 heteroatoms. The molecule has 3 aromatic rings. The summed E-state index contributed by atoms with van der Waals surface area (Å²) >= 11 is 0. The third-order valence-electron chi connectivity index (χ3n) is 5.89. The highest BCUT2D eigenvalue weighted by molar-refractivity contribution is 5.99. The minimum absolute atomic E-state index is 0.0565. The van der Waals surface area contributed by atoms with Crippen molar-refractivity contribution in [3.63, 3.8) is 0 Å². The van der Waals surface area contributed by atoms with Gasteiger partial charge in [0, 0.05) is 31.4 Å². The normalized spacial score (nSPS) is 11.9. The Morgan fingerprint density at radius 2 is 1.66 bits per heavy atom. The molecular weight excluding hydrogens is 398 g/mol. The van der Waals surface area contributed by atoms with E-state index in [0.29, 0.717) is 31.7 Å². The van der Waals surface area contributed by atoms with Crippen LogP contribution in [0.15, 0.2) is 66.7 Å². The number of nitrogens with two attached hydrogens (primary N) is 1. The van der Waals surface area contributed by atoms with Gasteiger partial charge in [0.2, 0.25) is 5.91 Å². The van der Waals surface area contributed by atoms with Crippen molar-refractivity contribution in [3.8, 4) is 0 Å². The molecule has 1 atom stereocenters. The van der Waals surface area contributed by atoms with Gasteiger partial charge in [0.1, 0.15) is 0 Å². The van der Waals surface area contributed by atoms with Crippen molar-refractivity contribution in [2.45, 2.75) is 26.2 Å². The van der Waals surface area contributed by atoms with Gasteiger partial charge in [0.15, 0.2) is 5.78 Å². The molecule has 0 aliphatic heterocycles. The molecule has 2 N–H and O–H groups in total. The van der Waals surface area contributed by atoms with Crippen LogP contribution >= 0.6 is 0 Å². The number of carbonyl (C=O) groups excluding carboxylic acids is 2. The highest BCUT2D eigenvalue weighted by atomic mass is 16.2. The number of rotatable bonds is 10. The van der Waals surface area contributed by atoms with Gasteiger partial charge in [-0.1, -0.05) is 55.5 Å². The minimum Gasteiger partial charge on any atom is -0.365 e. The van der Waals surface area contributed by atoms with Crippen LogP contribution in [0.25, 0.3) is 10.8 Å². The SMILES string of the molecule is CC(=O)c1ccc2cc(N(C)CC(=O)N(CCCN)CC(C)c3ccccc3)ccc2c1. The largest absolute Gasteiger partial charge is 0.365 e. The zero-order valence-corrected chi connectivity index (χ0v) is 19.3. The number of ketones is 1. The number of hydrogen-bond donors (Lipinski definition) is 1. The number of Topliss-reactive ketones (excluding diaryl/α,β-unsaturated/α-hetero) is 1. The fourth-order valence-electron chi connectivity index (χ4n) is 3.90. The van der Waals surface area contributed by atoms with Crippen molar-refractivity contribution in [1.82, 2.24) is 4.90 Å². The molecule has 0 spiro atoms. The van der Waals surface area contributed by atoms with Gasteiger partial charge >= 0.3 is 0 Å². The van der Waals surface area contributed by atoms with E-state index in [2.05, 4.69) is 25.1 Å².